The van der Waals surface area contributed by atoms with E-state index in [0.717, 1.165) is 36.2 Å². The van der Waals surface area contributed by atoms with E-state index in [-0.39, 0.29) is 0 Å². The Morgan fingerprint density at radius 3 is 1.84 bits per heavy atom. The summed E-state index contributed by atoms with van der Waals surface area (Å²) in [6.45, 7) is 7.34. The average Bonchev–Trinajstić information content (AvgIpc) is 2.68. The van der Waals surface area contributed by atoms with Crippen LogP contribution < -0.4 is 0 Å². The monoisotopic (exact) mass is 346 g/mol. The Hall–Kier alpha value is -0.300. The highest BCUT2D eigenvalue weighted by Crippen LogP contribution is 2.42. The highest BCUT2D eigenvalue weighted by atomic mass is 16.5. The molecule has 25 heavy (non-hydrogen) atoms. The van der Waals surface area contributed by atoms with Crippen LogP contribution in [0.3, 0.4) is 0 Å². The highest BCUT2D eigenvalue weighted by Gasteiger charge is 2.31. The van der Waals surface area contributed by atoms with Crippen molar-refractivity contribution in [3.63, 3.8) is 0 Å². The summed E-state index contributed by atoms with van der Waals surface area (Å²) in [7, 11) is 0. The maximum absolute atomic E-state index is 6.30. The third-order valence-electron chi connectivity index (χ3n) is 7.77. The van der Waals surface area contributed by atoms with Gasteiger partial charge in [0, 0.05) is 6.61 Å². The second-order valence-corrected chi connectivity index (χ2v) is 9.46. The zero-order valence-electron chi connectivity index (χ0n) is 16.8. The third-order valence-corrected chi connectivity index (χ3v) is 7.77. The summed E-state index contributed by atoms with van der Waals surface area (Å²) in [5.41, 5.74) is 0. The lowest BCUT2D eigenvalue weighted by Gasteiger charge is -2.38. The topological polar surface area (TPSA) is 9.23 Å². The molecule has 0 unspecified atom stereocenters. The quantitative estimate of drug-likeness (QED) is 0.444. The third kappa shape index (κ3) is 5.84. The molecule has 0 N–H and O–H groups in total. The van der Waals surface area contributed by atoms with Gasteiger partial charge < -0.3 is 4.74 Å². The molecule has 0 aromatic rings. The molecule has 0 radical (unpaired) electrons. The fraction of sp³-hybridized carbons (Fsp3) is 0.917. The molecule has 0 bridgehead atoms. The summed E-state index contributed by atoms with van der Waals surface area (Å²) in [5.74, 6) is 4.76. The van der Waals surface area contributed by atoms with Gasteiger partial charge in [-0.25, -0.2) is 0 Å². The minimum Gasteiger partial charge on any atom is -0.378 e. The van der Waals surface area contributed by atoms with Crippen LogP contribution in [0, 0.1) is 29.6 Å². The minimum atomic E-state index is 0.544. The van der Waals surface area contributed by atoms with Crippen molar-refractivity contribution >= 4 is 0 Å². The first-order valence-electron chi connectivity index (χ1n) is 11.5. The summed E-state index contributed by atoms with van der Waals surface area (Å²) >= 11 is 0. The van der Waals surface area contributed by atoms with Crippen molar-refractivity contribution in [2.75, 3.05) is 6.61 Å². The van der Waals surface area contributed by atoms with Crippen LogP contribution in [0.1, 0.15) is 96.8 Å². The van der Waals surface area contributed by atoms with Crippen LogP contribution in [0.15, 0.2) is 12.7 Å². The molecule has 3 fully saturated rings. The Morgan fingerprint density at radius 2 is 1.32 bits per heavy atom. The van der Waals surface area contributed by atoms with E-state index in [2.05, 4.69) is 19.6 Å². The summed E-state index contributed by atoms with van der Waals surface area (Å²) in [5, 5.41) is 0. The van der Waals surface area contributed by atoms with Crippen molar-refractivity contribution in [2.24, 2.45) is 29.6 Å². The van der Waals surface area contributed by atoms with Crippen LogP contribution in [0.25, 0.3) is 0 Å². The van der Waals surface area contributed by atoms with Crippen LogP contribution in [-0.4, -0.2) is 12.7 Å². The first kappa shape index (κ1) is 19.5. The number of ether oxygens (including phenoxy) is 1. The van der Waals surface area contributed by atoms with Crippen LogP contribution in [-0.2, 0) is 4.74 Å². The van der Waals surface area contributed by atoms with Gasteiger partial charge in [-0.2, -0.15) is 0 Å². The predicted octanol–water partition coefficient (Wildman–Crippen LogP) is 7.16. The largest absolute Gasteiger partial charge is 0.378 e. The predicted molar refractivity (Wildman–Crippen MR) is 108 cm³/mol. The number of hydrogen-bond donors (Lipinski definition) is 0. The van der Waals surface area contributed by atoms with Crippen LogP contribution in [0.2, 0.25) is 0 Å². The molecule has 0 amide bonds. The van der Waals surface area contributed by atoms with E-state index in [1.165, 1.54) is 89.9 Å². The second-order valence-electron chi connectivity index (χ2n) is 9.46. The Balaban J connectivity index is 1.29. The first-order valence-corrected chi connectivity index (χ1v) is 11.5. The molecule has 3 saturated carbocycles. The maximum Gasteiger partial charge on any atom is 0.0575 e. The van der Waals surface area contributed by atoms with Crippen LogP contribution in [0.4, 0.5) is 0 Å². The molecule has 1 nitrogen and oxygen atoms in total. The number of rotatable bonds is 7. The number of hydrogen-bond acceptors (Lipinski definition) is 1. The Morgan fingerprint density at radius 1 is 0.760 bits per heavy atom. The fourth-order valence-corrected chi connectivity index (χ4v) is 5.95. The van der Waals surface area contributed by atoms with Crippen LogP contribution in [0.5, 0.6) is 0 Å². The van der Waals surface area contributed by atoms with Gasteiger partial charge >= 0.3 is 0 Å². The van der Waals surface area contributed by atoms with E-state index >= 15 is 0 Å². The molecule has 3 aliphatic carbocycles. The summed E-state index contributed by atoms with van der Waals surface area (Å²) in [6.07, 6.45) is 22.6. The summed E-state index contributed by atoms with van der Waals surface area (Å²) in [4.78, 5) is 0. The van der Waals surface area contributed by atoms with Gasteiger partial charge in [0.05, 0.1) is 6.10 Å². The fourth-order valence-electron chi connectivity index (χ4n) is 5.95. The van der Waals surface area contributed by atoms with Crippen molar-refractivity contribution in [2.45, 2.75) is 103 Å². The number of allylic oxidation sites excluding steroid dienone is 1. The Bertz CT molecular complexity index is 366. The van der Waals surface area contributed by atoms with Crippen molar-refractivity contribution in [3.8, 4) is 0 Å². The molecule has 0 heterocycles. The summed E-state index contributed by atoms with van der Waals surface area (Å²) in [6, 6.07) is 0. The smallest absolute Gasteiger partial charge is 0.0575 e. The average molecular weight is 347 g/mol. The SMILES string of the molecule is C=CC1CCC(OCC2CCC(C3CCC(CCC)CC3)CC2)CC1. The molecule has 0 aliphatic heterocycles. The zero-order chi connectivity index (χ0) is 17.5. The molecule has 0 aromatic carbocycles. The van der Waals surface area contributed by atoms with Crippen LogP contribution >= 0.6 is 0 Å². The van der Waals surface area contributed by atoms with Gasteiger partial charge in [-0.1, -0.05) is 38.7 Å². The van der Waals surface area contributed by atoms with Gasteiger partial charge in [0.2, 0.25) is 0 Å². The molecule has 1 heteroatoms. The second kappa shape index (κ2) is 10.1. The van der Waals surface area contributed by atoms with Gasteiger partial charge in [0.1, 0.15) is 0 Å². The lowest BCUT2D eigenvalue weighted by atomic mass is 9.69. The van der Waals surface area contributed by atoms with Gasteiger partial charge in [0.15, 0.2) is 0 Å². The van der Waals surface area contributed by atoms with Crippen molar-refractivity contribution < 1.29 is 4.74 Å². The van der Waals surface area contributed by atoms with Gasteiger partial charge in [-0.3, -0.25) is 0 Å². The van der Waals surface area contributed by atoms with Gasteiger partial charge in [0.25, 0.3) is 0 Å². The Kier molecular flexibility index (Phi) is 7.90. The highest BCUT2D eigenvalue weighted by molar-refractivity contribution is 4.85. The molecule has 0 aromatic heterocycles. The Labute approximate surface area is 157 Å². The molecule has 0 atom stereocenters. The van der Waals surface area contributed by atoms with Crippen molar-refractivity contribution in [1.29, 1.82) is 0 Å². The van der Waals surface area contributed by atoms with E-state index in [9.17, 15) is 0 Å². The lowest BCUT2D eigenvalue weighted by Crippen LogP contribution is -2.29. The molecular formula is C24H42O. The molecule has 0 saturated heterocycles. The van der Waals surface area contributed by atoms with E-state index < -0.39 is 0 Å². The molecule has 3 rings (SSSR count). The van der Waals surface area contributed by atoms with Gasteiger partial charge in [-0.15, -0.1) is 6.58 Å². The van der Waals surface area contributed by atoms with Crippen molar-refractivity contribution in [1.82, 2.24) is 0 Å². The lowest BCUT2D eigenvalue weighted by molar-refractivity contribution is -0.00942. The van der Waals surface area contributed by atoms with Gasteiger partial charge in [-0.05, 0) is 93.8 Å². The van der Waals surface area contributed by atoms with Crippen molar-refractivity contribution in [3.05, 3.63) is 12.7 Å². The molecule has 0 spiro atoms. The standard InChI is InChI=1S/C24H42O/c1-3-5-20-6-12-22(13-7-20)23-14-8-21(9-15-23)18-25-24-16-10-19(4-2)11-17-24/h4,19-24H,2-3,5-18H2,1H3. The molecule has 144 valence electrons. The van der Waals surface area contributed by atoms with E-state index in [1.807, 2.05) is 0 Å². The normalized spacial score (nSPS) is 39.9. The maximum atomic E-state index is 6.30. The summed E-state index contributed by atoms with van der Waals surface area (Å²) < 4.78 is 6.30. The molecular weight excluding hydrogens is 304 g/mol. The van der Waals surface area contributed by atoms with E-state index in [1.54, 1.807) is 0 Å². The minimum absolute atomic E-state index is 0.544. The zero-order valence-corrected chi connectivity index (χ0v) is 16.8. The molecule has 3 aliphatic rings. The van der Waals surface area contributed by atoms with E-state index in [4.69, 9.17) is 4.74 Å². The first-order chi connectivity index (χ1) is 12.3. The van der Waals surface area contributed by atoms with E-state index in [0.29, 0.717) is 6.10 Å².